The van der Waals surface area contributed by atoms with Crippen LogP contribution in [0, 0.1) is 0 Å². The molecule has 1 saturated heterocycles. The highest BCUT2D eigenvalue weighted by Crippen LogP contribution is 2.18. The van der Waals surface area contributed by atoms with Crippen LogP contribution >= 0.6 is 0 Å². The number of carbonyl (C=O) groups excluding carboxylic acids is 2. The first-order valence-electron chi connectivity index (χ1n) is 5.62. The Hall–Kier alpha value is -1.83. The molecule has 5 N–H and O–H groups in total. The zero-order valence-electron chi connectivity index (χ0n) is 9.90. The first kappa shape index (κ1) is 14.2. The highest BCUT2D eigenvalue weighted by Gasteiger charge is 2.43. The van der Waals surface area contributed by atoms with Gasteiger partial charge in [-0.1, -0.05) is 0 Å². The summed E-state index contributed by atoms with van der Waals surface area (Å²) in [6.07, 6.45) is 0.823. The first-order valence-corrected chi connectivity index (χ1v) is 5.62. The number of amides is 3. The van der Waals surface area contributed by atoms with Crippen LogP contribution < -0.4 is 16.4 Å². The van der Waals surface area contributed by atoms with Gasteiger partial charge < -0.3 is 26.2 Å². The van der Waals surface area contributed by atoms with Gasteiger partial charge >= 0.3 is 12.0 Å². The lowest BCUT2D eigenvalue weighted by Gasteiger charge is -2.23. The molecule has 0 saturated carbocycles. The number of hydrogen-bond acceptors (Lipinski definition) is 4. The molecule has 18 heavy (non-hydrogen) atoms. The number of hydrogen-bond donors (Lipinski definition) is 4. The molecule has 1 rings (SSSR count). The fourth-order valence-electron chi connectivity index (χ4n) is 1.61. The van der Waals surface area contributed by atoms with Crippen molar-refractivity contribution in [3.8, 4) is 0 Å². The summed E-state index contributed by atoms with van der Waals surface area (Å²) < 4.78 is 5.00. The molecule has 102 valence electrons. The zero-order chi connectivity index (χ0) is 13.6. The predicted octanol–water partition coefficient (Wildman–Crippen LogP) is -1.21. The molecule has 1 heterocycles. The Bertz CT molecular complexity index is 338. The normalized spacial score (nSPS) is 22.4. The second-order valence-electron chi connectivity index (χ2n) is 4.14. The summed E-state index contributed by atoms with van der Waals surface area (Å²) in [5.74, 6) is -1.56. The average Bonchev–Trinajstić information content (AvgIpc) is 2.74. The smallest absolute Gasteiger partial charge is 0.332 e. The van der Waals surface area contributed by atoms with Crippen molar-refractivity contribution in [3.63, 3.8) is 0 Å². The average molecular weight is 259 g/mol. The standard InChI is InChI=1S/C10H17N3O5/c11-7(14)2-1-4-12-9(17)13-10(8(15)16)3-5-18-6-10/h1-6H2,(H2,11,14)(H,15,16)(H2,12,13,17). The van der Waals surface area contributed by atoms with E-state index in [1.165, 1.54) is 0 Å². The third kappa shape index (κ3) is 3.88. The van der Waals surface area contributed by atoms with Gasteiger partial charge in [-0.25, -0.2) is 9.59 Å². The number of aliphatic carboxylic acids is 1. The summed E-state index contributed by atoms with van der Waals surface area (Å²) in [6, 6.07) is -0.590. The van der Waals surface area contributed by atoms with Gasteiger partial charge in [0.05, 0.1) is 6.61 Å². The molecule has 3 amide bonds. The molecular weight excluding hydrogens is 242 g/mol. The number of carbonyl (C=O) groups is 3. The zero-order valence-corrected chi connectivity index (χ0v) is 9.90. The molecule has 1 aliphatic rings. The third-order valence-corrected chi connectivity index (χ3v) is 2.67. The van der Waals surface area contributed by atoms with Crippen LogP contribution in [0.4, 0.5) is 4.79 Å². The second-order valence-corrected chi connectivity index (χ2v) is 4.14. The van der Waals surface area contributed by atoms with Crippen molar-refractivity contribution in [2.45, 2.75) is 24.8 Å². The van der Waals surface area contributed by atoms with Crippen molar-refractivity contribution >= 4 is 17.9 Å². The van der Waals surface area contributed by atoms with Crippen LogP contribution in [-0.4, -0.2) is 48.3 Å². The van der Waals surface area contributed by atoms with Crippen LogP contribution in [-0.2, 0) is 14.3 Å². The number of nitrogens with one attached hydrogen (secondary N) is 2. The molecular formula is C10H17N3O5. The van der Waals surface area contributed by atoms with Crippen molar-refractivity contribution in [1.82, 2.24) is 10.6 Å². The molecule has 0 aliphatic carbocycles. The van der Waals surface area contributed by atoms with Gasteiger partial charge in [-0.05, 0) is 6.42 Å². The first-order chi connectivity index (χ1) is 8.46. The molecule has 0 bridgehead atoms. The van der Waals surface area contributed by atoms with E-state index in [2.05, 4.69) is 10.6 Å². The van der Waals surface area contributed by atoms with Crippen molar-refractivity contribution in [2.24, 2.45) is 5.73 Å². The van der Waals surface area contributed by atoms with E-state index in [4.69, 9.17) is 15.6 Å². The number of nitrogens with two attached hydrogens (primary N) is 1. The monoisotopic (exact) mass is 259 g/mol. The van der Waals surface area contributed by atoms with Crippen molar-refractivity contribution < 1.29 is 24.2 Å². The van der Waals surface area contributed by atoms with E-state index in [0.29, 0.717) is 13.0 Å². The van der Waals surface area contributed by atoms with E-state index in [1.54, 1.807) is 0 Å². The third-order valence-electron chi connectivity index (χ3n) is 2.67. The minimum Gasteiger partial charge on any atom is -0.479 e. The number of carboxylic acid groups (broad SMARTS) is 1. The van der Waals surface area contributed by atoms with E-state index >= 15 is 0 Å². The van der Waals surface area contributed by atoms with Crippen molar-refractivity contribution in [1.29, 1.82) is 0 Å². The van der Waals surface area contributed by atoms with Gasteiger partial charge in [0.25, 0.3) is 0 Å². The number of urea groups is 1. The Labute approximate surface area is 104 Å². The Balaban J connectivity index is 2.34. The Morgan fingerprint density at radius 3 is 2.61 bits per heavy atom. The summed E-state index contributed by atoms with van der Waals surface area (Å²) in [5.41, 5.74) is 3.59. The minimum atomic E-state index is -1.35. The van der Waals surface area contributed by atoms with E-state index < -0.39 is 23.4 Å². The quantitative estimate of drug-likeness (QED) is 0.445. The Morgan fingerprint density at radius 1 is 1.39 bits per heavy atom. The molecule has 1 unspecified atom stereocenters. The van der Waals surface area contributed by atoms with Crippen LogP contribution in [0.15, 0.2) is 0 Å². The van der Waals surface area contributed by atoms with E-state index in [-0.39, 0.29) is 26.0 Å². The van der Waals surface area contributed by atoms with Gasteiger partial charge in [-0.3, -0.25) is 4.79 Å². The maximum atomic E-state index is 11.5. The topological polar surface area (TPSA) is 131 Å². The molecule has 1 atom stereocenters. The molecule has 0 aromatic rings. The van der Waals surface area contributed by atoms with Crippen molar-refractivity contribution in [3.05, 3.63) is 0 Å². The number of primary amides is 1. The number of rotatable bonds is 6. The predicted molar refractivity (Wildman–Crippen MR) is 60.8 cm³/mol. The summed E-state index contributed by atoms with van der Waals surface area (Å²) in [5, 5.41) is 13.9. The Kier molecular flexibility index (Phi) is 4.90. The van der Waals surface area contributed by atoms with Crippen molar-refractivity contribution in [2.75, 3.05) is 19.8 Å². The van der Waals surface area contributed by atoms with Crippen LogP contribution in [0.1, 0.15) is 19.3 Å². The van der Waals surface area contributed by atoms with Gasteiger partial charge in [0, 0.05) is 26.0 Å². The van der Waals surface area contributed by atoms with E-state index in [0.717, 1.165) is 0 Å². The molecule has 8 nitrogen and oxygen atoms in total. The lowest BCUT2D eigenvalue weighted by Crippen LogP contribution is -2.57. The van der Waals surface area contributed by atoms with Gasteiger partial charge in [0.1, 0.15) is 0 Å². The maximum Gasteiger partial charge on any atom is 0.332 e. The lowest BCUT2D eigenvalue weighted by molar-refractivity contribution is -0.144. The molecule has 0 aromatic heterocycles. The fraction of sp³-hybridized carbons (Fsp3) is 0.700. The molecule has 1 fully saturated rings. The fourth-order valence-corrected chi connectivity index (χ4v) is 1.61. The Morgan fingerprint density at radius 2 is 2.11 bits per heavy atom. The summed E-state index contributed by atoms with van der Waals surface area (Å²) in [6.45, 7) is 0.511. The van der Waals surface area contributed by atoms with Crippen LogP contribution in [0.2, 0.25) is 0 Å². The summed E-state index contributed by atoms with van der Waals surface area (Å²) in [7, 11) is 0. The molecule has 0 aromatic carbocycles. The molecule has 8 heteroatoms. The highest BCUT2D eigenvalue weighted by atomic mass is 16.5. The largest absolute Gasteiger partial charge is 0.479 e. The van der Waals surface area contributed by atoms with Crippen LogP contribution in [0.3, 0.4) is 0 Å². The highest BCUT2D eigenvalue weighted by molar-refractivity contribution is 5.86. The molecule has 0 spiro atoms. The van der Waals surface area contributed by atoms with E-state index in [9.17, 15) is 14.4 Å². The van der Waals surface area contributed by atoms with E-state index in [1.807, 2.05) is 0 Å². The molecule has 1 aliphatic heterocycles. The van der Waals surface area contributed by atoms with Gasteiger partial charge in [0.15, 0.2) is 5.54 Å². The van der Waals surface area contributed by atoms with Gasteiger partial charge in [-0.2, -0.15) is 0 Å². The minimum absolute atomic E-state index is 0.0446. The number of ether oxygens (including phenoxy) is 1. The van der Waals surface area contributed by atoms with Gasteiger partial charge in [0.2, 0.25) is 5.91 Å². The van der Waals surface area contributed by atoms with Crippen LogP contribution in [0.5, 0.6) is 0 Å². The second kappa shape index (κ2) is 6.20. The maximum absolute atomic E-state index is 11.5. The molecule has 0 radical (unpaired) electrons. The SMILES string of the molecule is NC(=O)CCCNC(=O)NC1(C(=O)O)CCOC1. The summed E-state index contributed by atoms with van der Waals surface area (Å²) in [4.78, 5) is 33.1. The van der Waals surface area contributed by atoms with Gasteiger partial charge in [-0.15, -0.1) is 0 Å². The number of carboxylic acids is 1. The summed E-state index contributed by atoms with van der Waals surface area (Å²) >= 11 is 0. The van der Waals surface area contributed by atoms with Crippen LogP contribution in [0.25, 0.3) is 0 Å². The lowest BCUT2D eigenvalue weighted by atomic mass is 9.99.